The lowest BCUT2D eigenvalue weighted by atomic mass is 9.74. The van der Waals surface area contributed by atoms with Crippen LogP contribution in [0.15, 0.2) is 60.7 Å². The van der Waals surface area contributed by atoms with Gasteiger partial charge in [0.2, 0.25) is 0 Å². The van der Waals surface area contributed by atoms with E-state index in [1.165, 1.54) is 0 Å². The van der Waals surface area contributed by atoms with Gasteiger partial charge in [0.05, 0.1) is 0 Å². The lowest BCUT2D eigenvalue weighted by Gasteiger charge is -2.48. The predicted octanol–water partition coefficient (Wildman–Crippen LogP) is 3.19. The highest BCUT2D eigenvalue weighted by atomic mass is 16.6. The largest absolute Gasteiger partial charge is 0.442 e. The molecule has 2 aromatic carbocycles. The summed E-state index contributed by atoms with van der Waals surface area (Å²) in [6.07, 6.45) is 0.942. The molecule has 1 atom stereocenters. The van der Waals surface area contributed by atoms with Gasteiger partial charge in [0.1, 0.15) is 5.60 Å². The van der Waals surface area contributed by atoms with Crippen LogP contribution < -0.4 is 5.32 Å². The van der Waals surface area contributed by atoms with Gasteiger partial charge in [0.15, 0.2) is 0 Å². The monoisotopic (exact) mass is 350 g/mol. The number of benzene rings is 2. The summed E-state index contributed by atoms with van der Waals surface area (Å²) in [5.41, 5.74) is 1.32. The Labute approximate surface area is 153 Å². The number of piperidine rings is 1. The number of nitrogens with zero attached hydrogens (tertiary/aromatic N) is 1. The maximum Gasteiger partial charge on any atom is 0.407 e. The van der Waals surface area contributed by atoms with Crippen LogP contribution in [0, 0.1) is 0 Å². The van der Waals surface area contributed by atoms with Gasteiger partial charge in [-0.3, -0.25) is 4.79 Å². The van der Waals surface area contributed by atoms with E-state index in [-0.39, 0.29) is 17.9 Å². The van der Waals surface area contributed by atoms with Crippen LogP contribution >= 0.6 is 0 Å². The minimum atomic E-state index is -0.544. The summed E-state index contributed by atoms with van der Waals surface area (Å²) in [7, 11) is 0. The third-order valence-corrected chi connectivity index (χ3v) is 5.50. The fourth-order valence-electron chi connectivity index (χ4n) is 4.07. The van der Waals surface area contributed by atoms with Crippen LogP contribution in [0.5, 0.6) is 0 Å². The number of likely N-dealkylation sites (tertiary alicyclic amines) is 1. The maximum atomic E-state index is 12.7. The summed E-state index contributed by atoms with van der Waals surface area (Å²) in [4.78, 5) is 26.5. The van der Waals surface area contributed by atoms with Crippen LogP contribution in [0.25, 0.3) is 0 Å². The number of nitrogens with one attached hydrogen (secondary N) is 1. The van der Waals surface area contributed by atoms with Crippen LogP contribution in [-0.2, 0) is 4.74 Å². The van der Waals surface area contributed by atoms with E-state index in [2.05, 4.69) is 17.4 Å². The van der Waals surface area contributed by atoms with Crippen molar-refractivity contribution in [1.82, 2.24) is 10.2 Å². The number of alkyl carbamates (subject to hydrolysis) is 1. The second kappa shape index (κ2) is 6.83. The first-order chi connectivity index (χ1) is 12.7. The van der Waals surface area contributed by atoms with Gasteiger partial charge in [-0.2, -0.15) is 0 Å². The van der Waals surface area contributed by atoms with Gasteiger partial charge in [-0.15, -0.1) is 0 Å². The minimum Gasteiger partial charge on any atom is -0.442 e. The Morgan fingerprint density at radius 1 is 1.00 bits per heavy atom. The molecule has 26 heavy (non-hydrogen) atoms. The fraction of sp³-hybridized carbons (Fsp3) is 0.333. The van der Waals surface area contributed by atoms with Gasteiger partial charge in [-0.1, -0.05) is 48.5 Å². The van der Waals surface area contributed by atoms with Crippen molar-refractivity contribution < 1.29 is 14.3 Å². The first kappa shape index (κ1) is 16.6. The Hall–Kier alpha value is -2.82. The molecule has 0 aliphatic carbocycles. The lowest BCUT2D eigenvalue weighted by Crippen LogP contribution is -2.58. The Kier molecular flexibility index (Phi) is 4.37. The third-order valence-electron chi connectivity index (χ3n) is 5.50. The van der Waals surface area contributed by atoms with E-state index in [4.69, 9.17) is 4.74 Å². The van der Waals surface area contributed by atoms with Gasteiger partial charge < -0.3 is 15.0 Å². The minimum absolute atomic E-state index is 0.0389. The van der Waals surface area contributed by atoms with Gasteiger partial charge in [-0.05, 0) is 17.7 Å². The summed E-state index contributed by atoms with van der Waals surface area (Å²) in [6, 6.07) is 19.5. The first-order valence-corrected chi connectivity index (χ1v) is 9.04. The van der Waals surface area contributed by atoms with Crippen molar-refractivity contribution >= 4 is 12.0 Å². The molecule has 1 unspecified atom stereocenters. The molecule has 1 N–H and O–H groups in total. The van der Waals surface area contributed by atoms with Crippen molar-refractivity contribution in [3.05, 3.63) is 71.8 Å². The van der Waals surface area contributed by atoms with Gasteiger partial charge >= 0.3 is 6.09 Å². The van der Waals surface area contributed by atoms with Crippen molar-refractivity contribution in [3.63, 3.8) is 0 Å². The molecule has 5 nitrogen and oxygen atoms in total. The molecule has 4 rings (SSSR count). The van der Waals surface area contributed by atoms with Crippen molar-refractivity contribution in [2.45, 2.75) is 24.4 Å². The first-order valence-electron chi connectivity index (χ1n) is 9.04. The van der Waals surface area contributed by atoms with E-state index in [9.17, 15) is 9.59 Å². The number of hydrogen-bond donors (Lipinski definition) is 1. The molecule has 2 aliphatic heterocycles. The number of ether oxygens (including phenoxy) is 1. The summed E-state index contributed by atoms with van der Waals surface area (Å²) in [5.74, 6) is 0.132. The molecule has 5 heteroatoms. The standard InChI is InChI=1S/C21H22N2O3/c24-19(17-9-5-2-6-10-17)23-13-11-21(12-14-23)18(15-22-20(25)26-21)16-7-3-1-4-8-16/h1-10,18H,11-15H2,(H,22,25). The SMILES string of the molecule is O=C1NCC(c2ccccc2)C2(CCN(C(=O)c3ccccc3)CC2)O1. The smallest absolute Gasteiger partial charge is 0.407 e. The number of carbonyl (C=O) groups excluding carboxylic acids is 2. The Morgan fingerprint density at radius 3 is 2.27 bits per heavy atom. The second-order valence-electron chi connectivity index (χ2n) is 6.96. The molecule has 0 aromatic heterocycles. The Balaban J connectivity index is 1.53. The summed E-state index contributed by atoms with van der Waals surface area (Å²) in [5, 5.41) is 2.82. The summed E-state index contributed by atoms with van der Waals surface area (Å²) >= 11 is 0. The lowest BCUT2D eigenvalue weighted by molar-refractivity contribution is -0.0645. The molecular formula is C21H22N2O3. The number of carbonyl (C=O) groups is 2. The molecule has 0 saturated carbocycles. The summed E-state index contributed by atoms with van der Waals surface area (Å²) < 4.78 is 5.83. The van der Waals surface area contributed by atoms with Crippen molar-refractivity contribution in [2.75, 3.05) is 19.6 Å². The highest BCUT2D eigenvalue weighted by Gasteiger charge is 2.48. The number of hydrogen-bond acceptors (Lipinski definition) is 3. The van der Waals surface area contributed by atoms with E-state index in [1.54, 1.807) is 0 Å². The highest BCUT2D eigenvalue weighted by molar-refractivity contribution is 5.94. The topological polar surface area (TPSA) is 58.6 Å². The van der Waals surface area contributed by atoms with E-state index in [1.807, 2.05) is 53.4 Å². The number of amides is 2. The quantitative estimate of drug-likeness (QED) is 0.905. The second-order valence-corrected chi connectivity index (χ2v) is 6.96. The van der Waals surface area contributed by atoms with Crippen LogP contribution in [0.1, 0.15) is 34.7 Å². The van der Waals surface area contributed by atoms with E-state index in [0.29, 0.717) is 38.0 Å². The van der Waals surface area contributed by atoms with E-state index in [0.717, 1.165) is 5.56 Å². The molecule has 0 radical (unpaired) electrons. The molecule has 2 aliphatic rings. The van der Waals surface area contributed by atoms with Crippen molar-refractivity contribution in [3.8, 4) is 0 Å². The molecule has 0 bridgehead atoms. The van der Waals surface area contributed by atoms with Crippen LogP contribution in [0.4, 0.5) is 4.79 Å². The van der Waals surface area contributed by atoms with E-state index < -0.39 is 5.60 Å². The van der Waals surface area contributed by atoms with Gasteiger partial charge in [0, 0.05) is 44.0 Å². The zero-order chi connectivity index (χ0) is 18.0. The zero-order valence-corrected chi connectivity index (χ0v) is 14.6. The van der Waals surface area contributed by atoms with E-state index >= 15 is 0 Å². The zero-order valence-electron chi connectivity index (χ0n) is 14.6. The van der Waals surface area contributed by atoms with Crippen molar-refractivity contribution in [1.29, 1.82) is 0 Å². The average molecular weight is 350 g/mol. The molecule has 134 valence electrons. The fourth-order valence-corrected chi connectivity index (χ4v) is 4.07. The van der Waals surface area contributed by atoms with Crippen LogP contribution in [0.3, 0.4) is 0 Å². The molecule has 2 saturated heterocycles. The number of rotatable bonds is 2. The van der Waals surface area contributed by atoms with Crippen LogP contribution in [0.2, 0.25) is 0 Å². The van der Waals surface area contributed by atoms with Gasteiger partial charge in [0.25, 0.3) is 5.91 Å². The average Bonchev–Trinajstić information content (AvgIpc) is 2.69. The molecule has 1 spiro atoms. The predicted molar refractivity (Wildman–Crippen MR) is 98.0 cm³/mol. The highest BCUT2D eigenvalue weighted by Crippen LogP contribution is 2.41. The van der Waals surface area contributed by atoms with Crippen LogP contribution in [-0.4, -0.2) is 42.1 Å². The molecule has 2 amide bonds. The maximum absolute atomic E-state index is 12.7. The molecule has 2 aromatic rings. The molecule has 2 heterocycles. The Bertz CT molecular complexity index is 783. The van der Waals surface area contributed by atoms with Gasteiger partial charge in [-0.25, -0.2) is 4.79 Å². The Morgan fingerprint density at radius 2 is 1.62 bits per heavy atom. The summed E-state index contributed by atoms with van der Waals surface area (Å²) in [6.45, 7) is 1.74. The third kappa shape index (κ3) is 3.05. The molecular weight excluding hydrogens is 328 g/mol. The normalized spacial score (nSPS) is 21.8. The molecule has 2 fully saturated rings. The van der Waals surface area contributed by atoms with Crippen molar-refractivity contribution in [2.24, 2.45) is 0 Å².